The molecule has 2 heteroatoms. The van der Waals surface area contributed by atoms with Crippen molar-refractivity contribution in [2.75, 3.05) is 6.61 Å². The van der Waals surface area contributed by atoms with E-state index in [-0.39, 0.29) is 0 Å². The molecule has 1 saturated heterocycles. The molecule has 0 aromatic heterocycles. The summed E-state index contributed by atoms with van der Waals surface area (Å²) in [4.78, 5) is 0. The van der Waals surface area contributed by atoms with E-state index < -0.39 is 0 Å². The van der Waals surface area contributed by atoms with Gasteiger partial charge in [0.2, 0.25) is 0 Å². The zero-order valence-corrected chi connectivity index (χ0v) is 11.4. The molecule has 16 heavy (non-hydrogen) atoms. The van der Waals surface area contributed by atoms with Gasteiger partial charge in [0, 0.05) is 12.0 Å². The summed E-state index contributed by atoms with van der Waals surface area (Å²) in [5, 5.41) is 0.361. The van der Waals surface area contributed by atoms with E-state index >= 15 is 0 Å². The van der Waals surface area contributed by atoms with Crippen LogP contribution in [0, 0.1) is 11.8 Å². The number of alkyl halides is 1. The number of hydrogen-bond donors (Lipinski definition) is 0. The van der Waals surface area contributed by atoms with Crippen molar-refractivity contribution in [1.29, 1.82) is 0 Å². The molecule has 2 aliphatic rings. The minimum absolute atomic E-state index is 0.308. The van der Waals surface area contributed by atoms with Crippen molar-refractivity contribution < 1.29 is 4.74 Å². The zero-order chi connectivity index (χ0) is 11.6. The van der Waals surface area contributed by atoms with Gasteiger partial charge in [-0.2, -0.15) is 0 Å². The fraction of sp³-hybridized carbons (Fsp3) is 1.00. The molecule has 1 spiro atoms. The van der Waals surface area contributed by atoms with Gasteiger partial charge in [-0.3, -0.25) is 0 Å². The largest absolute Gasteiger partial charge is 0.375 e. The highest BCUT2D eigenvalue weighted by Crippen LogP contribution is 2.45. The summed E-state index contributed by atoms with van der Waals surface area (Å²) in [6.45, 7) is 5.42. The summed E-state index contributed by atoms with van der Waals surface area (Å²) in [7, 11) is 0. The van der Waals surface area contributed by atoms with Crippen molar-refractivity contribution in [3.05, 3.63) is 0 Å². The second-order valence-corrected chi connectivity index (χ2v) is 6.64. The molecule has 2 unspecified atom stereocenters. The van der Waals surface area contributed by atoms with E-state index in [4.69, 9.17) is 16.3 Å². The molecule has 2 atom stereocenters. The highest BCUT2D eigenvalue weighted by molar-refractivity contribution is 6.20. The number of halogens is 1. The molecule has 1 heterocycles. The summed E-state index contributed by atoms with van der Waals surface area (Å²) < 4.78 is 5.95. The normalized spacial score (nSPS) is 30.4. The molecule has 0 amide bonds. The average molecular weight is 245 g/mol. The van der Waals surface area contributed by atoms with Gasteiger partial charge >= 0.3 is 0 Å². The molecule has 2 rings (SSSR count). The first-order chi connectivity index (χ1) is 7.61. The van der Waals surface area contributed by atoms with Crippen molar-refractivity contribution in [3.63, 3.8) is 0 Å². The summed E-state index contributed by atoms with van der Waals surface area (Å²) in [6, 6.07) is 0. The van der Waals surface area contributed by atoms with Crippen molar-refractivity contribution >= 4 is 11.6 Å². The van der Waals surface area contributed by atoms with Crippen LogP contribution in [0.5, 0.6) is 0 Å². The van der Waals surface area contributed by atoms with Crippen LogP contribution in [0.1, 0.15) is 58.8 Å². The smallest absolute Gasteiger partial charge is 0.0685 e. The fourth-order valence-electron chi connectivity index (χ4n) is 3.02. The van der Waals surface area contributed by atoms with E-state index in [1.807, 2.05) is 0 Å². The third-order valence-electron chi connectivity index (χ3n) is 4.43. The van der Waals surface area contributed by atoms with Crippen LogP contribution in [0.3, 0.4) is 0 Å². The van der Waals surface area contributed by atoms with Crippen LogP contribution < -0.4 is 0 Å². The van der Waals surface area contributed by atoms with Crippen molar-refractivity contribution in [1.82, 2.24) is 0 Å². The Hall–Kier alpha value is 0.250. The summed E-state index contributed by atoms with van der Waals surface area (Å²) in [6.07, 6.45) is 9.02. The van der Waals surface area contributed by atoms with Gasteiger partial charge < -0.3 is 4.74 Å². The van der Waals surface area contributed by atoms with E-state index in [0.29, 0.717) is 16.9 Å². The molecule has 1 nitrogen and oxygen atoms in total. The van der Waals surface area contributed by atoms with Gasteiger partial charge in [0.25, 0.3) is 0 Å². The topological polar surface area (TPSA) is 9.23 Å². The standard InChI is InChI=1S/C14H25ClO/c1-11(2)13(15)5-4-12-6-9-16-14(10-12)7-3-8-14/h11-13H,3-10H2,1-2H3. The highest BCUT2D eigenvalue weighted by Gasteiger charge is 2.42. The Morgan fingerprint density at radius 1 is 1.38 bits per heavy atom. The van der Waals surface area contributed by atoms with Crippen molar-refractivity contribution in [2.24, 2.45) is 11.8 Å². The van der Waals surface area contributed by atoms with Gasteiger partial charge in [-0.1, -0.05) is 13.8 Å². The molecular weight excluding hydrogens is 220 g/mol. The third-order valence-corrected chi connectivity index (χ3v) is 5.16. The molecule has 2 fully saturated rings. The highest BCUT2D eigenvalue weighted by atomic mass is 35.5. The maximum Gasteiger partial charge on any atom is 0.0685 e. The average Bonchev–Trinajstić information content (AvgIpc) is 2.24. The first-order valence-corrected chi connectivity index (χ1v) is 7.33. The Bertz CT molecular complexity index is 223. The van der Waals surface area contributed by atoms with E-state index in [2.05, 4.69) is 13.8 Å². The van der Waals surface area contributed by atoms with Gasteiger partial charge in [-0.15, -0.1) is 11.6 Å². The second kappa shape index (κ2) is 5.27. The zero-order valence-electron chi connectivity index (χ0n) is 10.7. The molecule has 0 aromatic rings. The van der Waals surface area contributed by atoms with Gasteiger partial charge in [-0.05, 0) is 56.8 Å². The van der Waals surface area contributed by atoms with Crippen LogP contribution in [0.4, 0.5) is 0 Å². The Morgan fingerprint density at radius 3 is 2.69 bits per heavy atom. The van der Waals surface area contributed by atoms with E-state index in [0.717, 1.165) is 12.5 Å². The van der Waals surface area contributed by atoms with E-state index in [9.17, 15) is 0 Å². The molecule has 0 radical (unpaired) electrons. The summed E-state index contributed by atoms with van der Waals surface area (Å²) in [5.41, 5.74) is 0.308. The van der Waals surface area contributed by atoms with Crippen LogP contribution in [-0.2, 0) is 4.74 Å². The lowest BCUT2D eigenvalue weighted by Gasteiger charge is -2.47. The molecule has 1 saturated carbocycles. The lowest BCUT2D eigenvalue weighted by molar-refractivity contribution is -0.144. The minimum Gasteiger partial charge on any atom is -0.375 e. The minimum atomic E-state index is 0.308. The fourth-order valence-corrected chi connectivity index (χ4v) is 3.15. The maximum atomic E-state index is 6.32. The number of ether oxygens (including phenoxy) is 1. The summed E-state index contributed by atoms with van der Waals surface area (Å²) in [5.74, 6) is 1.48. The predicted molar refractivity (Wildman–Crippen MR) is 69.0 cm³/mol. The Balaban J connectivity index is 1.73. The van der Waals surface area contributed by atoms with Crippen LogP contribution >= 0.6 is 11.6 Å². The van der Waals surface area contributed by atoms with Crippen molar-refractivity contribution in [3.8, 4) is 0 Å². The Labute approximate surface area is 105 Å². The molecule has 94 valence electrons. The van der Waals surface area contributed by atoms with Gasteiger partial charge in [0.15, 0.2) is 0 Å². The molecular formula is C14H25ClO. The van der Waals surface area contributed by atoms with E-state index in [1.165, 1.54) is 44.9 Å². The molecule has 0 aromatic carbocycles. The van der Waals surface area contributed by atoms with Gasteiger partial charge in [-0.25, -0.2) is 0 Å². The second-order valence-electron chi connectivity index (χ2n) is 6.08. The maximum absolute atomic E-state index is 6.32. The number of rotatable bonds is 4. The first-order valence-electron chi connectivity index (χ1n) is 6.89. The van der Waals surface area contributed by atoms with Crippen LogP contribution in [0.15, 0.2) is 0 Å². The van der Waals surface area contributed by atoms with Gasteiger partial charge in [0.05, 0.1) is 5.60 Å². The predicted octanol–water partition coefficient (Wildman–Crippen LogP) is 4.38. The molecule has 1 aliphatic heterocycles. The Kier molecular flexibility index (Phi) is 4.18. The molecule has 1 aliphatic carbocycles. The summed E-state index contributed by atoms with van der Waals surface area (Å²) >= 11 is 6.32. The first kappa shape index (κ1) is 12.7. The monoisotopic (exact) mass is 244 g/mol. The Morgan fingerprint density at radius 2 is 2.12 bits per heavy atom. The molecule has 0 bridgehead atoms. The van der Waals surface area contributed by atoms with Crippen molar-refractivity contribution in [2.45, 2.75) is 69.8 Å². The number of hydrogen-bond acceptors (Lipinski definition) is 1. The van der Waals surface area contributed by atoms with Crippen LogP contribution in [0.25, 0.3) is 0 Å². The lowest BCUT2D eigenvalue weighted by atomic mass is 9.71. The van der Waals surface area contributed by atoms with Crippen LogP contribution in [0.2, 0.25) is 0 Å². The van der Waals surface area contributed by atoms with Gasteiger partial charge in [0.1, 0.15) is 0 Å². The van der Waals surface area contributed by atoms with Crippen LogP contribution in [-0.4, -0.2) is 17.6 Å². The van der Waals surface area contributed by atoms with E-state index in [1.54, 1.807) is 0 Å². The third kappa shape index (κ3) is 2.92. The molecule has 0 N–H and O–H groups in total. The SMILES string of the molecule is CC(C)C(Cl)CCC1CCOC2(CCC2)C1. The quantitative estimate of drug-likeness (QED) is 0.667. The lowest BCUT2D eigenvalue weighted by Crippen LogP contribution is -2.45.